The number of fused-ring (bicyclic) bond motifs is 3. The second kappa shape index (κ2) is 8.80. The van der Waals surface area contributed by atoms with E-state index in [1.165, 1.54) is 12.1 Å². The van der Waals surface area contributed by atoms with Gasteiger partial charge in [-0.3, -0.25) is 15.4 Å². The van der Waals surface area contributed by atoms with Crippen LogP contribution in [0.15, 0.2) is 53.0 Å². The summed E-state index contributed by atoms with van der Waals surface area (Å²) in [5, 5.41) is 15.7. The van der Waals surface area contributed by atoms with E-state index in [0.717, 1.165) is 0 Å². The molecule has 0 saturated carbocycles. The average molecular weight is 533 g/mol. The number of carbonyl (C=O) groups excluding carboxylic acids is 3. The maximum Gasteiger partial charge on any atom is 0.393 e. The molecule has 2 heterocycles. The van der Waals surface area contributed by atoms with Gasteiger partial charge in [0.2, 0.25) is 5.54 Å². The zero-order chi connectivity index (χ0) is 24.7. The van der Waals surface area contributed by atoms with E-state index in [1.54, 1.807) is 50.2 Å². The van der Waals surface area contributed by atoms with Crippen LogP contribution in [-0.4, -0.2) is 47.1 Å². The number of nitro groups is 1. The number of hydrogen-bond acceptors (Lipinski definition) is 9. The number of hydrogen-bond donors (Lipinski definition) is 1. The van der Waals surface area contributed by atoms with Crippen molar-refractivity contribution in [1.82, 2.24) is 5.32 Å². The van der Waals surface area contributed by atoms with Crippen LogP contribution in [-0.2, 0) is 23.9 Å². The van der Waals surface area contributed by atoms with Gasteiger partial charge in [-0.25, -0.2) is 14.4 Å². The smallest absolute Gasteiger partial charge is 0.393 e. The minimum atomic E-state index is -2.57. The zero-order valence-corrected chi connectivity index (χ0v) is 19.9. The number of para-hydroxylation sites is 1. The summed E-state index contributed by atoms with van der Waals surface area (Å²) in [6.07, 6.45) is 0. The summed E-state index contributed by atoms with van der Waals surface area (Å²) in [6.45, 7) is 2.88. The molecule has 0 aromatic heterocycles. The van der Waals surface area contributed by atoms with Crippen molar-refractivity contribution in [2.75, 3.05) is 13.2 Å². The molecule has 4 rings (SSSR count). The highest BCUT2D eigenvalue weighted by Crippen LogP contribution is 2.58. The van der Waals surface area contributed by atoms with Crippen LogP contribution < -0.4 is 10.1 Å². The summed E-state index contributed by atoms with van der Waals surface area (Å²) >= 11 is 3.31. The standard InChI is InChI=1S/C23H21BrN2O8/c1-3-32-19(27)22(20(28)33-4-2)17-15-7-5-6-8-16(15)34-21(29)23(17,26(30)31)18(25-22)13-9-11-14(24)12-10-13/h5-12,17-18,25H,3-4H2,1-2H3/t17-,18+,23+/m1/s1. The Hall–Kier alpha value is -3.31. The summed E-state index contributed by atoms with van der Waals surface area (Å²) in [4.78, 5) is 52.5. The van der Waals surface area contributed by atoms with Crippen molar-refractivity contribution in [2.45, 2.75) is 36.9 Å². The number of esters is 3. The first-order chi connectivity index (χ1) is 16.2. The summed E-state index contributed by atoms with van der Waals surface area (Å²) in [5.41, 5.74) is -4.50. The summed E-state index contributed by atoms with van der Waals surface area (Å²) in [5.74, 6) is -4.94. The van der Waals surface area contributed by atoms with Gasteiger partial charge in [0.15, 0.2) is 0 Å². The van der Waals surface area contributed by atoms with Crippen LogP contribution in [0.2, 0.25) is 0 Å². The normalized spacial score (nSPS) is 24.4. The van der Waals surface area contributed by atoms with Crippen LogP contribution >= 0.6 is 15.9 Å². The molecule has 0 spiro atoms. The van der Waals surface area contributed by atoms with Crippen molar-refractivity contribution in [3.05, 3.63) is 74.2 Å². The SMILES string of the molecule is CCOC(=O)C1(C(=O)OCC)N[C@@H](c2ccc(Br)cc2)[C@]2([N+](=O)[O-])C(=O)Oc3ccccc3[C@H]12. The molecule has 3 atom stereocenters. The fourth-order valence-corrected chi connectivity index (χ4v) is 5.09. The summed E-state index contributed by atoms with van der Waals surface area (Å²) in [6, 6.07) is 11.1. The van der Waals surface area contributed by atoms with Crippen molar-refractivity contribution >= 4 is 33.8 Å². The molecule has 178 valence electrons. The molecule has 0 unspecified atom stereocenters. The van der Waals surface area contributed by atoms with E-state index in [4.69, 9.17) is 14.2 Å². The fourth-order valence-electron chi connectivity index (χ4n) is 4.82. The fraction of sp³-hybridized carbons (Fsp3) is 0.348. The van der Waals surface area contributed by atoms with Crippen molar-refractivity contribution in [3.8, 4) is 5.75 Å². The molecular formula is C23H21BrN2O8. The third-order valence-electron chi connectivity index (χ3n) is 6.15. The first-order valence-corrected chi connectivity index (χ1v) is 11.4. The zero-order valence-electron chi connectivity index (χ0n) is 18.3. The Morgan fingerprint density at radius 3 is 2.24 bits per heavy atom. The quantitative estimate of drug-likeness (QED) is 0.196. The molecule has 11 heteroatoms. The highest BCUT2D eigenvalue weighted by atomic mass is 79.9. The maximum absolute atomic E-state index is 13.5. The van der Waals surface area contributed by atoms with Gasteiger partial charge in [-0.05, 0) is 37.6 Å². The molecule has 10 nitrogen and oxygen atoms in total. The minimum absolute atomic E-state index is 0.0196. The molecule has 2 aliphatic heterocycles. The monoisotopic (exact) mass is 532 g/mol. The second-order valence-corrected chi connectivity index (χ2v) is 8.74. The Labute approximate surface area is 202 Å². The predicted octanol–water partition coefficient (Wildman–Crippen LogP) is 2.68. The molecule has 1 fully saturated rings. The van der Waals surface area contributed by atoms with Crippen molar-refractivity contribution < 1.29 is 33.5 Å². The third kappa shape index (κ3) is 3.22. The van der Waals surface area contributed by atoms with Crippen LogP contribution in [0.4, 0.5) is 0 Å². The minimum Gasteiger partial charge on any atom is -0.464 e. The molecule has 2 aromatic carbocycles. The molecule has 0 aliphatic carbocycles. The Bertz CT molecular complexity index is 1150. The van der Waals surface area contributed by atoms with E-state index >= 15 is 0 Å². The van der Waals surface area contributed by atoms with E-state index in [1.807, 2.05) is 0 Å². The van der Waals surface area contributed by atoms with Crippen LogP contribution in [0.5, 0.6) is 5.75 Å². The van der Waals surface area contributed by atoms with Gasteiger partial charge in [-0.1, -0.05) is 46.3 Å². The van der Waals surface area contributed by atoms with Crippen LogP contribution in [0, 0.1) is 10.1 Å². The van der Waals surface area contributed by atoms with Gasteiger partial charge in [-0.2, -0.15) is 0 Å². The number of carbonyl (C=O) groups is 3. The lowest BCUT2D eigenvalue weighted by molar-refractivity contribution is -0.561. The van der Waals surface area contributed by atoms with Crippen LogP contribution in [0.1, 0.15) is 36.9 Å². The van der Waals surface area contributed by atoms with Gasteiger partial charge in [0.05, 0.1) is 13.2 Å². The average Bonchev–Trinajstić information content (AvgIpc) is 3.15. The molecule has 1 N–H and O–H groups in total. The van der Waals surface area contributed by atoms with Crippen LogP contribution in [0.25, 0.3) is 0 Å². The third-order valence-corrected chi connectivity index (χ3v) is 6.67. The Balaban J connectivity index is 2.10. The predicted molar refractivity (Wildman–Crippen MR) is 121 cm³/mol. The van der Waals surface area contributed by atoms with Crippen molar-refractivity contribution in [3.63, 3.8) is 0 Å². The van der Waals surface area contributed by atoms with Gasteiger partial charge in [0.25, 0.3) is 0 Å². The first kappa shape index (κ1) is 23.8. The molecule has 2 aromatic rings. The Morgan fingerprint density at radius 1 is 1.09 bits per heavy atom. The molecule has 2 aliphatic rings. The number of nitrogens with one attached hydrogen (secondary N) is 1. The highest BCUT2D eigenvalue weighted by Gasteiger charge is 2.83. The molecule has 0 radical (unpaired) electrons. The largest absolute Gasteiger partial charge is 0.464 e. The first-order valence-electron chi connectivity index (χ1n) is 10.6. The molecule has 1 saturated heterocycles. The maximum atomic E-state index is 13.5. The van der Waals surface area contributed by atoms with Crippen molar-refractivity contribution in [2.24, 2.45) is 0 Å². The van der Waals surface area contributed by atoms with E-state index in [0.29, 0.717) is 10.0 Å². The van der Waals surface area contributed by atoms with Gasteiger partial charge in [0, 0.05) is 15.0 Å². The van der Waals surface area contributed by atoms with E-state index in [2.05, 4.69) is 21.2 Å². The second-order valence-electron chi connectivity index (χ2n) is 7.82. The summed E-state index contributed by atoms with van der Waals surface area (Å²) < 4.78 is 16.6. The summed E-state index contributed by atoms with van der Waals surface area (Å²) in [7, 11) is 0. The lowest BCUT2D eigenvalue weighted by Gasteiger charge is -2.37. The number of benzene rings is 2. The Kier molecular flexibility index (Phi) is 6.17. The van der Waals surface area contributed by atoms with E-state index < -0.39 is 45.9 Å². The lowest BCUT2D eigenvalue weighted by Crippen LogP contribution is -2.63. The number of nitrogens with zero attached hydrogens (tertiary/aromatic N) is 1. The van der Waals surface area contributed by atoms with Gasteiger partial charge in [0.1, 0.15) is 17.7 Å². The molecule has 34 heavy (non-hydrogen) atoms. The molecule has 0 amide bonds. The van der Waals surface area contributed by atoms with Gasteiger partial charge in [-0.15, -0.1) is 0 Å². The van der Waals surface area contributed by atoms with Crippen LogP contribution in [0.3, 0.4) is 0 Å². The highest BCUT2D eigenvalue weighted by molar-refractivity contribution is 9.10. The van der Waals surface area contributed by atoms with E-state index in [-0.39, 0.29) is 24.5 Å². The number of ether oxygens (including phenoxy) is 3. The van der Waals surface area contributed by atoms with E-state index in [9.17, 15) is 24.5 Å². The number of halogens is 1. The van der Waals surface area contributed by atoms with Crippen molar-refractivity contribution in [1.29, 1.82) is 0 Å². The van der Waals surface area contributed by atoms with Gasteiger partial charge >= 0.3 is 23.4 Å². The van der Waals surface area contributed by atoms with Gasteiger partial charge < -0.3 is 14.2 Å². The number of rotatable bonds is 6. The lowest BCUT2D eigenvalue weighted by atomic mass is 9.67. The Morgan fingerprint density at radius 2 is 1.68 bits per heavy atom. The molecule has 0 bridgehead atoms. The molecular weight excluding hydrogens is 512 g/mol. The topological polar surface area (TPSA) is 134 Å².